The first kappa shape index (κ1) is 27.4. The van der Waals surface area contributed by atoms with Crippen LogP contribution in [0.2, 0.25) is 0 Å². The lowest BCUT2D eigenvalue weighted by Gasteiger charge is -2.36. The summed E-state index contributed by atoms with van der Waals surface area (Å²) in [5.74, 6) is 1.04. The smallest absolute Gasteiger partial charge is 0.247 e. The van der Waals surface area contributed by atoms with Crippen LogP contribution in [0.1, 0.15) is 24.9 Å². The molecule has 11 heteroatoms. The van der Waals surface area contributed by atoms with Crippen molar-refractivity contribution in [2.75, 3.05) is 67.0 Å². The minimum absolute atomic E-state index is 0.179. The first-order valence-corrected chi connectivity index (χ1v) is 13.4. The maximum Gasteiger partial charge on any atom is 0.247 e. The summed E-state index contributed by atoms with van der Waals surface area (Å²) >= 11 is 0. The van der Waals surface area contributed by atoms with Crippen LogP contribution < -0.4 is 25.3 Å². The number of nitrogens with one attached hydrogen (secondary N) is 2. The summed E-state index contributed by atoms with van der Waals surface area (Å²) in [5.41, 5.74) is 2.94. The summed E-state index contributed by atoms with van der Waals surface area (Å²) in [5, 5.41) is 7.94. The van der Waals surface area contributed by atoms with E-state index in [0.29, 0.717) is 41.8 Å². The molecule has 10 nitrogen and oxygen atoms in total. The Kier molecular flexibility index (Phi) is 8.42. The van der Waals surface area contributed by atoms with Gasteiger partial charge >= 0.3 is 0 Å². The lowest BCUT2D eigenvalue weighted by molar-refractivity contribution is -0.111. The monoisotopic (exact) mass is 547 g/mol. The van der Waals surface area contributed by atoms with Gasteiger partial charge in [0.25, 0.3) is 0 Å². The lowest BCUT2D eigenvalue weighted by Crippen LogP contribution is -2.46. The van der Waals surface area contributed by atoms with Gasteiger partial charge in [-0.15, -0.1) is 0 Å². The molecule has 1 unspecified atom stereocenters. The molecule has 3 heterocycles. The second-order valence-corrected chi connectivity index (χ2v) is 9.59. The molecule has 5 rings (SSSR count). The number of piperazine rings is 1. The van der Waals surface area contributed by atoms with Crippen molar-refractivity contribution in [3.05, 3.63) is 72.8 Å². The summed E-state index contributed by atoms with van der Waals surface area (Å²) in [4.78, 5) is 31.6. The summed E-state index contributed by atoms with van der Waals surface area (Å²) in [6.45, 7) is 10.8. The van der Waals surface area contributed by atoms with Gasteiger partial charge in [0.05, 0.1) is 36.8 Å². The lowest BCUT2D eigenvalue weighted by atomic mass is 10.0. The van der Waals surface area contributed by atoms with Crippen molar-refractivity contribution in [3.63, 3.8) is 0 Å². The number of rotatable bonds is 9. The zero-order valence-electron chi connectivity index (χ0n) is 22.8. The first-order chi connectivity index (χ1) is 19.5. The first-order valence-electron chi connectivity index (χ1n) is 13.4. The number of methoxy groups -OCH3 is 1. The van der Waals surface area contributed by atoms with Crippen LogP contribution in [-0.4, -0.2) is 67.2 Å². The Morgan fingerprint density at radius 1 is 1.18 bits per heavy atom. The average molecular weight is 548 g/mol. The molecule has 3 aromatic rings. The van der Waals surface area contributed by atoms with Crippen LogP contribution in [0.25, 0.3) is 0 Å². The minimum atomic E-state index is -0.302. The van der Waals surface area contributed by atoms with E-state index in [0.717, 1.165) is 44.0 Å². The summed E-state index contributed by atoms with van der Waals surface area (Å²) < 4.78 is 19.6. The highest BCUT2D eigenvalue weighted by Gasteiger charge is 2.29. The van der Waals surface area contributed by atoms with Gasteiger partial charge in [0, 0.05) is 44.7 Å². The molecule has 2 aliphatic heterocycles. The summed E-state index contributed by atoms with van der Waals surface area (Å²) in [6.07, 6.45) is 3.39. The van der Waals surface area contributed by atoms with E-state index in [4.69, 9.17) is 9.57 Å². The van der Waals surface area contributed by atoms with Gasteiger partial charge in [-0.3, -0.25) is 9.63 Å². The number of carbonyl (C=O) groups excluding carboxylic acids is 1. The molecule has 1 aromatic heterocycles. The number of amides is 1. The molecule has 0 bridgehead atoms. The van der Waals surface area contributed by atoms with Crippen molar-refractivity contribution < 1.29 is 18.8 Å². The molecule has 0 aliphatic carbocycles. The Balaban J connectivity index is 1.43. The predicted molar refractivity (Wildman–Crippen MR) is 154 cm³/mol. The van der Waals surface area contributed by atoms with E-state index in [9.17, 15) is 9.18 Å². The van der Waals surface area contributed by atoms with E-state index in [1.54, 1.807) is 24.3 Å². The van der Waals surface area contributed by atoms with Crippen molar-refractivity contribution >= 4 is 34.6 Å². The Hall–Kier alpha value is -4.22. The second-order valence-electron chi connectivity index (χ2n) is 9.59. The largest absolute Gasteiger partial charge is 0.494 e. The highest BCUT2D eigenvalue weighted by molar-refractivity contribution is 6.02. The molecular weight excluding hydrogens is 513 g/mol. The van der Waals surface area contributed by atoms with Gasteiger partial charge in [0.1, 0.15) is 23.7 Å². The van der Waals surface area contributed by atoms with Crippen LogP contribution in [-0.2, 0) is 9.63 Å². The number of carbonyl (C=O) groups is 1. The number of hydrogen-bond acceptors (Lipinski definition) is 9. The molecule has 2 aliphatic rings. The number of likely N-dealkylation sites (N-methyl/N-ethyl adjacent to an activating group) is 1. The zero-order valence-corrected chi connectivity index (χ0v) is 22.8. The number of halogens is 1. The highest BCUT2D eigenvalue weighted by atomic mass is 19.1. The Bertz CT molecular complexity index is 1360. The van der Waals surface area contributed by atoms with Gasteiger partial charge in [-0.05, 0) is 36.4 Å². The molecule has 2 aromatic carbocycles. The Morgan fingerprint density at radius 2 is 2.00 bits per heavy atom. The standard InChI is InChI=1S/C29H34FN7O3/c1-4-29(38)34-22-16-23(26(39-3)17-25(22)36-12-10-35(5-2)11-13-36)33-27-18-28(32-19-31-27)37-24(9-14-40-37)20-7-6-8-21(30)15-20/h4,6-8,15-19,24H,1,5,9-14H2,2-3H3,(H,34,38)(H,31,32,33). The van der Waals surface area contributed by atoms with Crippen molar-refractivity contribution in [1.29, 1.82) is 0 Å². The molecule has 210 valence electrons. The van der Waals surface area contributed by atoms with Gasteiger partial charge in [0.2, 0.25) is 5.91 Å². The fourth-order valence-corrected chi connectivity index (χ4v) is 5.07. The van der Waals surface area contributed by atoms with Crippen LogP contribution in [0.5, 0.6) is 5.75 Å². The third-order valence-electron chi connectivity index (χ3n) is 7.20. The van der Waals surface area contributed by atoms with Crippen LogP contribution in [0.3, 0.4) is 0 Å². The van der Waals surface area contributed by atoms with E-state index in [-0.39, 0.29) is 17.8 Å². The molecule has 1 atom stereocenters. The summed E-state index contributed by atoms with van der Waals surface area (Å²) in [7, 11) is 1.61. The summed E-state index contributed by atoms with van der Waals surface area (Å²) in [6, 6.07) is 11.9. The topological polar surface area (TPSA) is 95.1 Å². The van der Waals surface area contributed by atoms with E-state index in [1.807, 2.05) is 18.2 Å². The molecule has 2 fully saturated rings. The van der Waals surface area contributed by atoms with Crippen molar-refractivity contribution in [2.24, 2.45) is 0 Å². The Labute approximate surface area is 233 Å². The van der Waals surface area contributed by atoms with E-state index < -0.39 is 0 Å². The van der Waals surface area contributed by atoms with Gasteiger partial charge in [0.15, 0.2) is 5.82 Å². The highest BCUT2D eigenvalue weighted by Crippen LogP contribution is 2.40. The molecule has 0 radical (unpaired) electrons. The maximum absolute atomic E-state index is 13.9. The number of hydroxylamine groups is 1. The van der Waals surface area contributed by atoms with E-state index in [1.165, 1.54) is 24.5 Å². The number of hydrogen-bond donors (Lipinski definition) is 2. The fraction of sp³-hybridized carbons (Fsp3) is 0.345. The van der Waals surface area contributed by atoms with E-state index >= 15 is 0 Å². The third-order valence-corrected chi connectivity index (χ3v) is 7.20. The molecular formula is C29H34FN7O3. The van der Waals surface area contributed by atoms with Crippen LogP contribution in [0.4, 0.5) is 33.1 Å². The maximum atomic E-state index is 13.9. The number of ether oxygens (including phenoxy) is 1. The number of benzene rings is 2. The van der Waals surface area contributed by atoms with Crippen molar-refractivity contribution in [2.45, 2.75) is 19.4 Å². The zero-order chi connectivity index (χ0) is 28.1. The Morgan fingerprint density at radius 3 is 2.73 bits per heavy atom. The molecule has 2 saturated heterocycles. The number of nitrogens with zero attached hydrogens (tertiary/aromatic N) is 5. The molecule has 2 N–H and O–H groups in total. The van der Waals surface area contributed by atoms with Gasteiger partial charge in [-0.1, -0.05) is 25.6 Å². The minimum Gasteiger partial charge on any atom is -0.494 e. The second kappa shape index (κ2) is 12.3. The van der Waals surface area contributed by atoms with Gasteiger partial charge in [-0.2, -0.15) is 0 Å². The van der Waals surface area contributed by atoms with Crippen LogP contribution in [0.15, 0.2) is 61.4 Å². The molecule has 1 amide bonds. The number of aromatic nitrogens is 2. The van der Waals surface area contributed by atoms with Crippen molar-refractivity contribution in [1.82, 2.24) is 14.9 Å². The van der Waals surface area contributed by atoms with Gasteiger partial charge < -0.3 is 25.2 Å². The fourth-order valence-electron chi connectivity index (χ4n) is 5.07. The quantitative estimate of drug-likeness (QED) is 0.375. The number of anilines is 5. The molecule has 0 saturated carbocycles. The third kappa shape index (κ3) is 6.00. The predicted octanol–water partition coefficient (Wildman–Crippen LogP) is 4.52. The van der Waals surface area contributed by atoms with Crippen molar-refractivity contribution in [3.8, 4) is 5.75 Å². The normalized spacial score (nSPS) is 17.5. The SMILES string of the molecule is C=CC(=O)Nc1cc(Nc2cc(N3OCCC3c3cccc(F)c3)ncn2)c(OC)cc1N1CCN(CC)CC1. The van der Waals surface area contributed by atoms with Crippen LogP contribution in [0, 0.1) is 5.82 Å². The molecule has 40 heavy (non-hydrogen) atoms. The van der Waals surface area contributed by atoms with E-state index in [2.05, 4.69) is 43.9 Å². The van der Waals surface area contributed by atoms with Gasteiger partial charge in [-0.25, -0.2) is 19.4 Å². The van der Waals surface area contributed by atoms with Crippen LogP contribution >= 0.6 is 0 Å². The molecule has 0 spiro atoms. The average Bonchev–Trinajstić information content (AvgIpc) is 3.48.